The van der Waals surface area contributed by atoms with E-state index in [1.807, 2.05) is 18.2 Å². The zero-order valence-corrected chi connectivity index (χ0v) is 11.2. The van der Waals surface area contributed by atoms with Crippen LogP contribution in [0.25, 0.3) is 0 Å². The van der Waals surface area contributed by atoms with Crippen molar-refractivity contribution in [2.45, 2.75) is 38.5 Å². The lowest BCUT2D eigenvalue weighted by molar-refractivity contribution is -0.136. The van der Waals surface area contributed by atoms with Crippen molar-refractivity contribution in [2.75, 3.05) is 6.61 Å². The van der Waals surface area contributed by atoms with Gasteiger partial charge in [0.2, 0.25) is 0 Å². The quantitative estimate of drug-likeness (QED) is 0.828. The second kappa shape index (κ2) is 6.71. The minimum Gasteiger partial charge on any atom is -0.481 e. The minimum absolute atomic E-state index is 0.186. The van der Waals surface area contributed by atoms with Crippen molar-refractivity contribution < 1.29 is 15.0 Å². The van der Waals surface area contributed by atoms with Crippen molar-refractivity contribution in [1.82, 2.24) is 0 Å². The maximum Gasteiger partial charge on any atom is 0.303 e. The summed E-state index contributed by atoms with van der Waals surface area (Å²) in [6, 6.07) is 8.12. The third-order valence-electron chi connectivity index (χ3n) is 4.26. The van der Waals surface area contributed by atoms with Gasteiger partial charge in [-0.05, 0) is 48.6 Å². The van der Waals surface area contributed by atoms with Crippen LogP contribution in [0.3, 0.4) is 0 Å². The molecule has 0 bridgehead atoms. The molecule has 2 N–H and O–H groups in total. The summed E-state index contributed by atoms with van der Waals surface area (Å²) in [5, 5.41) is 18.2. The van der Waals surface area contributed by atoms with Gasteiger partial charge in [0.25, 0.3) is 0 Å². The lowest BCUT2D eigenvalue weighted by atomic mass is 9.87. The smallest absolute Gasteiger partial charge is 0.303 e. The summed E-state index contributed by atoms with van der Waals surface area (Å²) in [7, 11) is 0. The number of aryl methyl sites for hydroxylation is 1. The summed E-state index contributed by atoms with van der Waals surface area (Å²) in [5.41, 5.74) is 2.41. The third-order valence-corrected chi connectivity index (χ3v) is 4.26. The number of hydrogen-bond donors (Lipinski definition) is 2. The molecule has 3 nitrogen and oxygen atoms in total. The maximum atomic E-state index is 10.7. The highest BCUT2D eigenvalue weighted by molar-refractivity contribution is 5.67. The summed E-state index contributed by atoms with van der Waals surface area (Å²) in [6.07, 6.45) is 5.26. The number of carbonyl (C=O) groups is 1. The normalized spacial score (nSPS) is 22.6. The number of rotatable bonds is 6. The second-order valence-corrected chi connectivity index (χ2v) is 5.50. The molecular formula is C16H22O3. The number of hydrogen-bond acceptors (Lipinski definition) is 2. The molecule has 3 heteroatoms. The fourth-order valence-corrected chi connectivity index (χ4v) is 3.15. The highest BCUT2D eigenvalue weighted by Crippen LogP contribution is 2.34. The van der Waals surface area contributed by atoms with Gasteiger partial charge in [-0.2, -0.15) is 0 Å². The van der Waals surface area contributed by atoms with E-state index >= 15 is 0 Å². The van der Waals surface area contributed by atoms with Crippen LogP contribution >= 0.6 is 0 Å². The Kier molecular flexibility index (Phi) is 4.97. The van der Waals surface area contributed by atoms with Crippen molar-refractivity contribution >= 4 is 5.97 Å². The van der Waals surface area contributed by atoms with E-state index < -0.39 is 5.97 Å². The summed E-state index contributed by atoms with van der Waals surface area (Å²) < 4.78 is 0. The summed E-state index contributed by atoms with van der Waals surface area (Å²) in [6.45, 7) is 0.280. The fourth-order valence-electron chi connectivity index (χ4n) is 3.15. The summed E-state index contributed by atoms with van der Waals surface area (Å²) in [5.74, 6) is 0.229. The molecule has 104 valence electrons. The molecule has 19 heavy (non-hydrogen) atoms. The van der Waals surface area contributed by atoms with Crippen LogP contribution < -0.4 is 0 Å². The van der Waals surface area contributed by atoms with Gasteiger partial charge in [0, 0.05) is 13.0 Å². The van der Waals surface area contributed by atoms with Gasteiger partial charge in [-0.25, -0.2) is 0 Å². The van der Waals surface area contributed by atoms with Crippen LogP contribution in [0.5, 0.6) is 0 Å². The van der Waals surface area contributed by atoms with E-state index in [4.69, 9.17) is 5.11 Å². The van der Waals surface area contributed by atoms with Crippen LogP contribution in [0.4, 0.5) is 0 Å². The van der Waals surface area contributed by atoms with Crippen molar-refractivity contribution in [3.63, 3.8) is 0 Å². The van der Waals surface area contributed by atoms with Crippen molar-refractivity contribution in [1.29, 1.82) is 0 Å². The Balaban J connectivity index is 2.04. The molecule has 2 atom stereocenters. The first-order valence-electron chi connectivity index (χ1n) is 7.10. The standard InChI is InChI=1S/C16H22O3/c17-11-15-7-3-6-14(15)10-13-5-2-1-4-12(13)8-9-16(18)19/h1-2,4-5,14-15,17H,3,6-11H2,(H,18,19). The molecule has 2 unspecified atom stereocenters. The highest BCUT2D eigenvalue weighted by atomic mass is 16.4. The predicted molar refractivity (Wildman–Crippen MR) is 74.0 cm³/mol. The van der Waals surface area contributed by atoms with E-state index in [9.17, 15) is 9.90 Å². The topological polar surface area (TPSA) is 57.5 Å². The van der Waals surface area contributed by atoms with E-state index in [0.717, 1.165) is 18.4 Å². The molecule has 0 amide bonds. The Bertz CT molecular complexity index is 428. The molecule has 0 aromatic heterocycles. The van der Waals surface area contributed by atoms with Gasteiger partial charge < -0.3 is 10.2 Å². The minimum atomic E-state index is -0.746. The van der Waals surface area contributed by atoms with Gasteiger partial charge in [-0.1, -0.05) is 30.7 Å². The molecule has 1 saturated carbocycles. The first kappa shape index (κ1) is 14.1. The molecule has 0 radical (unpaired) electrons. The van der Waals surface area contributed by atoms with Crippen LogP contribution in [0.1, 0.15) is 36.8 Å². The molecule has 1 aliphatic carbocycles. The van der Waals surface area contributed by atoms with Crippen LogP contribution in [0, 0.1) is 11.8 Å². The third kappa shape index (κ3) is 3.80. The number of carboxylic acids is 1. The molecule has 2 rings (SSSR count). The predicted octanol–water partition coefficient (Wildman–Crippen LogP) is 2.65. The van der Waals surface area contributed by atoms with Gasteiger partial charge in [0.05, 0.1) is 0 Å². The zero-order chi connectivity index (χ0) is 13.7. The molecule has 0 aliphatic heterocycles. The first-order chi connectivity index (χ1) is 9.20. The molecule has 0 spiro atoms. The SMILES string of the molecule is O=C(O)CCc1ccccc1CC1CCCC1CO. The van der Waals surface area contributed by atoms with Gasteiger partial charge in [-0.3, -0.25) is 4.79 Å². The average Bonchev–Trinajstić information content (AvgIpc) is 2.85. The van der Waals surface area contributed by atoms with Gasteiger partial charge in [-0.15, -0.1) is 0 Å². The number of aliphatic hydroxyl groups is 1. The highest BCUT2D eigenvalue weighted by Gasteiger charge is 2.27. The molecule has 1 aromatic carbocycles. The largest absolute Gasteiger partial charge is 0.481 e. The van der Waals surface area contributed by atoms with Crippen LogP contribution in [-0.4, -0.2) is 22.8 Å². The Morgan fingerprint density at radius 2 is 1.84 bits per heavy atom. The number of aliphatic hydroxyl groups excluding tert-OH is 1. The van der Waals surface area contributed by atoms with Crippen molar-refractivity contribution in [3.8, 4) is 0 Å². The Morgan fingerprint density at radius 1 is 1.16 bits per heavy atom. The van der Waals surface area contributed by atoms with Crippen LogP contribution in [-0.2, 0) is 17.6 Å². The molecule has 0 saturated heterocycles. The summed E-state index contributed by atoms with van der Waals surface area (Å²) >= 11 is 0. The van der Waals surface area contributed by atoms with Crippen molar-refractivity contribution in [3.05, 3.63) is 35.4 Å². The molecular weight excluding hydrogens is 240 g/mol. The second-order valence-electron chi connectivity index (χ2n) is 5.50. The molecule has 1 aromatic rings. The van der Waals surface area contributed by atoms with E-state index in [-0.39, 0.29) is 13.0 Å². The van der Waals surface area contributed by atoms with E-state index in [1.165, 1.54) is 18.4 Å². The molecule has 1 fully saturated rings. The van der Waals surface area contributed by atoms with Crippen LogP contribution in [0.15, 0.2) is 24.3 Å². The number of benzene rings is 1. The lowest BCUT2D eigenvalue weighted by Crippen LogP contribution is -2.15. The van der Waals surface area contributed by atoms with Gasteiger partial charge in [0.15, 0.2) is 0 Å². The van der Waals surface area contributed by atoms with E-state index in [0.29, 0.717) is 18.3 Å². The fraction of sp³-hybridized carbons (Fsp3) is 0.562. The van der Waals surface area contributed by atoms with Crippen molar-refractivity contribution in [2.24, 2.45) is 11.8 Å². The number of aliphatic carboxylic acids is 1. The number of carboxylic acid groups (broad SMARTS) is 1. The van der Waals surface area contributed by atoms with Crippen LogP contribution in [0.2, 0.25) is 0 Å². The zero-order valence-electron chi connectivity index (χ0n) is 11.2. The van der Waals surface area contributed by atoms with E-state index in [1.54, 1.807) is 0 Å². The Hall–Kier alpha value is -1.35. The maximum absolute atomic E-state index is 10.7. The monoisotopic (exact) mass is 262 g/mol. The average molecular weight is 262 g/mol. The molecule has 0 heterocycles. The lowest BCUT2D eigenvalue weighted by Gasteiger charge is -2.19. The molecule has 1 aliphatic rings. The van der Waals surface area contributed by atoms with E-state index in [2.05, 4.69) is 6.07 Å². The first-order valence-corrected chi connectivity index (χ1v) is 7.10. The summed E-state index contributed by atoms with van der Waals surface area (Å²) in [4.78, 5) is 10.7. The van der Waals surface area contributed by atoms with Gasteiger partial charge in [0.1, 0.15) is 0 Å². The Morgan fingerprint density at radius 3 is 2.53 bits per heavy atom. The Labute approximate surface area is 114 Å². The van der Waals surface area contributed by atoms with Gasteiger partial charge >= 0.3 is 5.97 Å².